The second kappa shape index (κ2) is 4.67. The molecular weight excluding hydrogens is 254 g/mol. The molecule has 0 amide bonds. The van der Waals surface area contributed by atoms with E-state index >= 15 is 0 Å². The van der Waals surface area contributed by atoms with E-state index in [1.54, 1.807) is 19.2 Å². The average molecular weight is 265 g/mol. The Labute approximate surface area is 115 Å². The van der Waals surface area contributed by atoms with Crippen molar-refractivity contribution < 1.29 is 9.15 Å². The first-order valence-corrected chi connectivity index (χ1v) is 6.03. The Kier molecular flexibility index (Phi) is 2.84. The standard InChI is InChI=1S/C15H11N3O2/c1-9-18-13-5-10(3-4-14(13)20-9)12-6-11(7-16)15(19-2)8-17-12/h3-6,8H,1-2H3. The van der Waals surface area contributed by atoms with E-state index in [0.29, 0.717) is 22.9 Å². The molecule has 0 saturated heterocycles. The zero-order valence-corrected chi connectivity index (χ0v) is 11.0. The first kappa shape index (κ1) is 12.2. The predicted molar refractivity (Wildman–Crippen MR) is 73.2 cm³/mol. The van der Waals surface area contributed by atoms with E-state index in [9.17, 15) is 0 Å². The number of hydrogen-bond acceptors (Lipinski definition) is 5. The molecule has 1 aromatic carbocycles. The fourth-order valence-electron chi connectivity index (χ4n) is 2.05. The smallest absolute Gasteiger partial charge is 0.192 e. The Morgan fingerprint density at radius 2 is 2.15 bits per heavy atom. The van der Waals surface area contributed by atoms with E-state index < -0.39 is 0 Å². The maximum absolute atomic E-state index is 9.11. The van der Waals surface area contributed by atoms with Crippen molar-refractivity contribution in [3.63, 3.8) is 0 Å². The quantitative estimate of drug-likeness (QED) is 0.712. The van der Waals surface area contributed by atoms with Gasteiger partial charge < -0.3 is 9.15 Å². The molecule has 0 aliphatic carbocycles. The van der Waals surface area contributed by atoms with E-state index in [2.05, 4.69) is 16.0 Å². The van der Waals surface area contributed by atoms with Crippen LogP contribution in [0, 0.1) is 18.3 Å². The van der Waals surface area contributed by atoms with Gasteiger partial charge in [-0.2, -0.15) is 5.26 Å². The maximum Gasteiger partial charge on any atom is 0.192 e. The Hall–Kier alpha value is -2.87. The molecule has 5 nitrogen and oxygen atoms in total. The van der Waals surface area contributed by atoms with Gasteiger partial charge in [-0.05, 0) is 24.3 Å². The monoisotopic (exact) mass is 265 g/mol. The molecular formula is C15H11N3O2. The largest absolute Gasteiger partial charge is 0.494 e. The van der Waals surface area contributed by atoms with E-state index in [4.69, 9.17) is 14.4 Å². The van der Waals surface area contributed by atoms with Crippen LogP contribution in [0.15, 0.2) is 34.9 Å². The van der Waals surface area contributed by atoms with Crippen LogP contribution < -0.4 is 4.74 Å². The van der Waals surface area contributed by atoms with Crippen molar-refractivity contribution in [1.29, 1.82) is 5.26 Å². The number of ether oxygens (including phenoxy) is 1. The van der Waals surface area contributed by atoms with Gasteiger partial charge in [0.1, 0.15) is 11.6 Å². The number of nitriles is 1. The van der Waals surface area contributed by atoms with Crippen LogP contribution in [0.3, 0.4) is 0 Å². The van der Waals surface area contributed by atoms with Crippen molar-refractivity contribution in [2.45, 2.75) is 6.92 Å². The summed E-state index contributed by atoms with van der Waals surface area (Å²) in [5.74, 6) is 1.09. The molecule has 2 heterocycles. The summed E-state index contributed by atoms with van der Waals surface area (Å²) in [7, 11) is 1.52. The van der Waals surface area contributed by atoms with Gasteiger partial charge in [0.05, 0.1) is 24.6 Å². The van der Waals surface area contributed by atoms with Crippen molar-refractivity contribution in [2.75, 3.05) is 7.11 Å². The minimum Gasteiger partial charge on any atom is -0.494 e. The number of pyridine rings is 1. The molecule has 5 heteroatoms. The number of rotatable bonds is 2. The summed E-state index contributed by atoms with van der Waals surface area (Å²) in [4.78, 5) is 8.60. The number of aryl methyl sites for hydroxylation is 1. The zero-order valence-electron chi connectivity index (χ0n) is 11.0. The molecule has 0 fully saturated rings. The Morgan fingerprint density at radius 1 is 1.30 bits per heavy atom. The first-order valence-electron chi connectivity index (χ1n) is 6.03. The highest BCUT2D eigenvalue weighted by molar-refractivity contribution is 5.79. The van der Waals surface area contributed by atoms with E-state index in [1.807, 2.05) is 18.2 Å². The predicted octanol–water partition coefficient (Wildman–Crippen LogP) is 3.08. The highest BCUT2D eigenvalue weighted by Gasteiger charge is 2.09. The molecule has 20 heavy (non-hydrogen) atoms. The van der Waals surface area contributed by atoms with Gasteiger partial charge in [0, 0.05) is 12.5 Å². The molecule has 3 rings (SSSR count). The number of aromatic nitrogens is 2. The Morgan fingerprint density at radius 3 is 2.90 bits per heavy atom. The lowest BCUT2D eigenvalue weighted by Gasteiger charge is -2.05. The summed E-state index contributed by atoms with van der Waals surface area (Å²) in [6.45, 7) is 1.80. The molecule has 98 valence electrons. The molecule has 0 bridgehead atoms. The van der Waals surface area contributed by atoms with Crippen LogP contribution in [0.4, 0.5) is 0 Å². The lowest BCUT2D eigenvalue weighted by atomic mass is 10.1. The fourth-order valence-corrected chi connectivity index (χ4v) is 2.05. The Balaban J connectivity index is 2.12. The number of methoxy groups -OCH3 is 1. The summed E-state index contributed by atoms with van der Waals surface area (Å²) in [5.41, 5.74) is 3.54. The average Bonchev–Trinajstić information content (AvgIpc) is 2.85. The van der Waals surface area contributed by atoms with Crippen molar-refractivity contribution >= 4 is 11.1 Å². The summed E-state index contributed by atoms with van der Waals surface area (Å²) in [6, 6.07) is 9.43. The normalized spacial score (nSPS) is 10.4. The fraction of sp³-hybridized carbons (Fsp3) is 0.133. The maximum atomic E-state index is 9.11. The molecule has 0 spiro atoms. The van der Waals surface area contributed by atoms with E-state index in [1.165, 1.54) is 7.11 Å². The summed E-state index contributed by atoms with van der Waals surface area (Å²) >= 11 is 0. The molecule has 0 atom stereocenters. The topological polar surface area (TPSA) is 71.9 Å². The van der Waals surface area contributed by atoms with Crippen LogP contribution in [-0.2, 0) is 0 Å². The van der Waals surface area contributed by atoms with Gasteiger partial charge in [-0.3, -0.25) is 4.98 Å². The van der Waals surface area contributed by atoms with Gasteiger partial charge in [0.15, 0.2) is 17.2 Å². The summed E-state index contributed by atoms with van der Waals surface area (Å²) < 4.78 is 10.5. The number of hydrogen-bond donors (Lipinski definition) is 0. The van der Waals surface area contributed by atoms with Crippen LogP contribution in [0.2, 0.25) is 0 Å². The lowest BCUT2D eigenvalue weighted by molar-refractivity contribution is 0.411. The SMILES string of the molecule is COc1cnc(-c2ccc3oc(C)nc3c2)cc1C#N. The van der Waals surface area contributed by atoms with Gasteiger partial charge in [0.2, 0.25) is 0 Å². The minimum absolute atomic E-state index is 0.453. The highest BCUT2D eigenvalue weighted by atomic mass is 16.5. The third-order valence-corrected chi connectivity index (χ3v) is 3.00. The van der Waals surface area contributed by atoms with Crippen molar-refractivity contribution in [3.8, 4) is 23.1 Å². The van der Waals surface area contributed by atoms with Gasteiger partial charge >= 0.3 is 0 Å². The van der Waals surface area contributed by atoms with Gasteiger partial charge in [-0.15, -0.1) is 0 Å². The van der Waals surface area contributed by atoms with Crippen LogP contribution in [0.5, 0.6) is 5.75 Å². The molecule has 0 radical (unpaired) electrons. The molecule has 0 unspecified atom stereocenters. The third kappa shape index (κ3) is 1.97. The molecule has 0 N–H and O–H groups in total. The van der Waals surface area contributed by atoms with Gasteiger partial charge in [0.25, 0.3) is 0 Å². The summed E-state index contributed by atoms with van der Waals surface area (Å²) in [5, 5.41) is 9.11. The molecule has 3 aromatic rings. The Bertz CT molecular complexity index is 831. The second-order valence-corrected chi connectivity index (χ2v) is 4.30. The number of oxazole rings is 1. The zero-order chi connectivity index (χ0) is 14.1. The lowest BCUT2D eigenvalue weighted by Crippen LogP contribution is -1.91. The molecule has 0 saturated carbocycles. The van der Waals surface area contributed by atoms with Crippen LogP contribution in [-0.4, -0.2) is 17.1 Å². The van der Waals surface area contributed by atoms with Crippen molar-refractivity contribution in [1.82, 2.24) is 9.97 Å². The van der Waals surface area contributed by atoms with E-state index in [0.717, 1.165) is 16.7 Å². The molecule has 0 aliphatic heterocycles. The van der Waals surface area contributed by atoms with Gasteiger partial charge in [-0.25, -0.2) is 4.98 Å². The van der Waals surface area contributed by atoms with E-state index in [-0.39, 0.29) is 0 Å². The number of nitrogens with zero attached hydrogens (tertiary/aromatic N) is 3. The van der Waals surface area contributed by atoms with Crippen LogP contribution >= 0.6 is 0 Å². The van der Waals surface area contributed by atoms with Crippen LogP contribution in [0.25, 0.3) is 22.4 Å². The van der Waals surface area contributed by atoms with Crippen LogP contribution in [0.1, 0.15) is 11.5 Å². The number of fused-ring (bicyclic) bond motifs is 1. The number of benzene rings is 1. The van der Waals surface area contributed by atoms with Crippen molar-refractivity contribution in [3.05, 3.63) is 41.9 Å². The second-order valence-electron chi connectivity index (χ2n) is 4.30. The minimum atomic E-state index is 0.453. The molecule has 2 aromatic heterocycles. The van der Waals surface area contributed by atoms with Crippen molar-refractivity contribution in [2.24, 2.45) is 0 Å². The first-order chi connectivity index (χ1) is 9.71. The highest BCUT2D eigenvalue weighted by Crippen LogP contribution is 2.26. The molecule has 0 aliphatic rings. The third-order valence-electron chi connectivity index (χ3n) is 3.00. The summed E-state index contributed by atoms with van der Waals surface area (Å²) in [6.07, 6.45) is 1.55. The van der Waals surface area contributed by atoms with Gasteiger partial charge in [-0.1, -0.05) is 0 Å².